The molecule has 7 heteroatoms. The first-order chi connectivity index (χ1) is 17.3. The quantitative estimate of drug-likeness (QED) is 0.472. The molecule has 0 radical (unpaired) electrons. The Kier molecular flexibility index (Phi) is 6.72. The van der Waals surface area contributed by atoms with Crippen LogP contribution in [0.3, 0.4) is 0 Å². The number of hydrogen-bond donors (Lipinski definition) is 1. The van der Waals surface area contributed by atoms with E-state index in [4.69, 9.17) is 15.0 Å². The van der Waals surface area contributed by atoms with E-state index in [0.717, 1.165) is 54.0 Å². The van der Waals surface area contributed by atoms with Crippen molar-refractivity contribution in [2.24, 2.45) is 0 Å². The van der Waals surface area contributed by atoms with Crippen molar-refractivity contribution >= 4 is 15.1 Å². The molecule has 6 nitrogen and oxygen atoms in total. The number of aromatic nitrogens is 2. The molecule has 0 bridgehead atoms. The van der Waals surface area contributed by atoms with Crippen molar-refractivity contribution in [3.63, 3.8) is 0 Å². The minimum atomic E-state index is -0.0720. The fourth-order valence-electron chi connectivity index (χ4n) is 5.43. The molecule has 1 atom stereocenters. The first-order valence-electron chi connectivity index (χ1n) is 12.6. The minimum Gasteiger partial charge on any atom is -0.381 e. The summed E-state index contributed by atoms with van der Waals surface area (Å²) < 4.78 is 5.56. The summed E-state index contributed by atoms with van der Waals surface area (Å²) >= 11 is 0. The van der Waals surface area contributed by atoms with Crippen molar-refractivity contribution in [1.29, 1.82) is 5.26 Å². The molecule has 1 saturated heterocycles. The van der Waals surface area contributed by atoms with E-state index in [-0.39, 0.29) is 11.1 Å². The number of H-pyrrole nitrogens is 1. The van der Waals surface area contributed by atoms with E-state index in [1.165, 1.54) is 5.56 Å². The Bertz CT molecular complexity index is 1310. The van der Waals surface area contributed by atoms with Crippen LogP contribution in [0.4, 0.5) is 0 Å². The number of methoxy groups -OCH3 is 1. The summed E-state index contributed by atoms with van der Waals surface area (Å²) in [5.41, 5.74) is 6.63. The number of likely N-dealkylation sites (tertiary alicyclic amines) is 1. The van der Waals surface area contributed by atoms with E-state index in [1.807, 2.05) is 54.3 Å². The number of nitriles is 1. The van der Waals surface area contributed by atoms with Crippen molar-refractivity contribution in [1.82, 2.24) is 14.9 Å². The van der Waals surface area contributed by atoms with Gasteiger partial charge in [0.05, 0.1) is 29.1 Å². The van der Waals surface area contributed by atoms with Gasteiger partial charge >= 0.3 is 0 Å². The molecule has 1 aliphatic heterocycles. The van der Waals surface area contributed by atoms with Crippen LogP contribution in [-0.2, 0) is 9.89 Å². The standard InChI is InChI=1S/C29H33N4O2P/c1-18-4-7-22(27(34)33-16-23(17-33)21-8-5-20(15-30)6-9-21)14-25(18)26-19(2)31-28(32-26)29(36)12-10-24(35-3)11-13-29/h4-9,14,23-24H,10-13,16-17,36H2,1-3H3,(H,31,32)/t24-,29+. The van der Waals surface area contributed by atoms with E-state index in [0.29, 0.717) is 36.2 Å². The van der Waals surface area contributed by atoms with Crippen molar-refractivity contribution in [2.45, 2.75) is 56.7 Å². The molecule has 0 spiro atoms. The smallest absolute Gasteiger partial charge is 0.253 e. The number of aryl methyl sites for hydroxylation is 2. The third-order valence-electron chi connectivity index (χ3n) is 7.95. The minimum absolute atomic E-state index is 0.0546. The van der Waals surface area contributed by atoms with E-state index < -0.39 is 0 Å². The number of aromatic amines is 1. The van der Waals surface area contributed by atoms with Crippen molar-refractivity contribution < 1.29 is 9.53 Å². The molecule has 36 heavy (non-hydrogen) atoms. The van der Waals surface area contributed by atoms with Crippen LogP contribution in [0.1, 0.15) is 70.2 Å². The molecule has 1 N–H and O–H groups in total. The average molecular weight is 501 g/mol. The number of carbonyl (C=O) groups excluding carboxylic acids is 1. The first kappa shape index (κ1) is 24.7. The third kappa shape index (κ3) is 4.59. The van der Waals surface area contributed by atoms with Crippen LogP contribution in [0.25, 0.3) is 11.3 Å². The van der Waals surface area contributed by atoms with Gasteiger partial charge in [0.15, 0.2) is 0 Å². The Labute approximate surface area is 215 Å². The van der Waals surface area contributed by atoms with Gasteiger partial charge in [-0.3, -0.25) is 4.79 Å². The Morgan fingerprint density at radius 3 is 2.50 bits per heavy atom. The van der Waals surface area contributed by atoms with Crippen molar-refractivity contribution in [3.05, 3.63) is 76.2 Å². The number of carbonyl (C=O) groups is 1. The van der Waals surface area contributed by atoms with Crippen molar-refractivity contribution in [2.75, 3.05) is 20.2 Å². The second kappa shape index (κ2) is 9.81. The highest BCUT2D eigenvalue weighted by molar-refractivity contribution is 7.18. The molecule has 5 rings (SSSR count). The fraction of sp³-hybridized carbons (Fsp3) is 0.414. The average Bonchev–Trinajstić information content (AvgIpc) is 3.26. The number of hydrogen-bond acceptors (Lipinski definition) is 4. The highest BCUT2D eigenvalue weighted by atomic mass is 31.0. The lowest BCUT2D eigenvalue weighted by Gasteiger charge is -2.39. The second-order valence-electron chi connectivity index (χ2n) is 10.3. The Balaban J connectivity index is 1.33. The molecule has 2 aromatic carbocycles. The largest absolute Gasteiger partial charge is 0.381 e. The molecular weight excluding hydrogens is 467 g/mol. The van der Waals surface area contributed by atoms with Gasteiger partial charge in [-0.05, 0) is 74.9 Å². The highest BCUT2D eigenvalue weighted by Crippen LogP contribution is 2.45. The Hall–Kier alpha value is -3.00. The third-order valence-corrected chi connectivity index (χ3v) is 8.80. The molecule has 1 aliphatic carbocycles. The van der Waals surface area contributed by atoms with Crippen LogP contribution < -0.4 is 0 Å². The molecule has 1 saturated carbocycles. The Morgan fingerprint density at radius 1 is 1.17 bits per heavy atom. The zero-order valence-corrected chi connectivity index (χ0v) is 22.3. The van der Waals surface area contributed by atoms with Crippen LogP contribution >= 0.6 is 9.24 Å². The van der Waals surface area contributed by atoms with Gasteiger partial charge in [0.1, 0.15) is 5.82 Å². The molecule has 186 valence electrons. The van der Waals surface area contributed by atoms with E-state index >= 15 is 0 Å². The van der Waals surface area contributed by atoms with Gasteiger partial charge in [-0.15, -0.1) is 9.24 Å². The maximum absolute atomic E-state index is 13.3. The number of rotatable bonds is 5. The highest BCUT2D eigenvalue weighted by Gasteiger charge is 2.36. The fourth-order valence-corrected chi connectivity index (χ4v) is 5.90. The van der Waals surface area contributed by atoms with Crippen LogP contribution in [0.5, 0.6) is 0 Å². The maximum Gasteiger partial charge on any atom is 0.253 e. The van der Waals surface area contributed by atoms with E-state index in [1.54, 1.807) is 7.11 Å². The molecule has 1 aromatic heterocycles. The zero-order valence-electron chi connectivity index (χ0n) is 21.2. The summed E-state index contributed by atoms with van der Waals surface area (Å²) in [6.07, 6.45) is 4.40. The first-order valence-corrected chi connectivity index (χ1v) is 13.2. The monoisotopic (exact) mass is 500 g/mol. The van der Waals surface area contributed by atoms with Gasteiger partial charge in [0, 0.05) is 42.4 Å². The van der Waals surface area contributed by atoms with Gasteiger partial charge in [0.25, 0.3) is 5.91 Å². The van der Waals surface area contributed by atoms with E-state index in [2.05, 4.69) is 27.2 Å². The molecular formula is C29H33N4O2P. The summed E-state index contributed by atoms with van der Waals surface area (Å²) in [5, 5.41) is 8.93. The van der Waals surface area contributed by atoms with Crippen LogP contribution in [0.2, 0.25) is 0 Å². The summed E-state index contributed by atoms with van der Waals surface area (Å²) in [7, 11) is 4.83. The van der Waals surface area contributed by atoms with E-state index in [9.17, 15) is 4.79 Å². The second-order valence-corrected chi connectivity index (χ2v) is 11.4. The lowest BCUT2D eigenvalue weighted by molar-refractivity contribution is 0.0602. The summed E-state index contributed by atoms with van der Waals surface area (Å²) in [4.78, 5) is 23.7. The zero-order chi connectivity index (χ0) is 25.4. The van der Waals surface area contributed by atoms with Gasteiger partial charge in [0.2, 0.25) is 0 Å². The Morgan fingerprint density at radius 2 is 1.86 bits per heavy atom. The molecule has 2 heterocycles. The number of benzene rings is 2. The topological polar surface area (TPSA) is 82.0 Å². The lowest BCUT2D eigenvalue weighted by Crippen LogP contribution is -2.48. The maximum atomic E-state index is 13.3. The molecule has 1 unspecified atom stereocenters. The number of ether oxygens (including phenoxy) is 1. The number of nitrogens with zero attached hydrogens (tertiary/aromatic N) is 3. The normalized spacial score (nSPS) is 22.2. The summed E-state index contributed by atoms with van der Waals surface area (Å²) in [5.74, 6) is 1.37. The number of imidazole rings is 1. The predicted molar refractivity (Wildman–Crippen MR) is 144 cm³/mol. The van der Waals surface area contributed by atoms with Gasteiger partial charge < -0.3 is 14.6 Å². The molecule has 2 aliphatic rings. The summed E-state index contributed by atoms with van der Waals surface area (Å²) in [6, 6.07) is 15.8. The number of nitrogens with one attached hydrogen (secondary N) is 1. The SMILES string of the molecule is CO[C@H]1CC[C@](P)(c2nc(C)c(-c3cc(C(=O)N4CC(c5ccc(C#N)cc5)C4)ccc3C)[nH]2)CC1. The predicted octanol–water partition coefficient (Wildman–Crippen LogP) is 5.46. The number of amides is 1. The van der Waals surface area contributed by atoms with Crippen LogP contribution in [0, 0.1) is 25.2 Å². The van der Waals surface area contributed by atoms with Crippen molar-refractivity contribution in [3.8, 4) is 17.3 Å². The summed E-state index contributed by atoms with van der Waals surface area (Å²) in [6.45, 7) is 5.50. The van der Waals surface area contributed by atoms with Gasteiger partial charge in [-0.1, -0.05) is 18.2 Å². The lowest BCUT2D eigenvalue weighted by atomic mass is 9.86. The molecule has 1 amide bonds. The van der Waals surface area contributed by atoms with Crippen LogP contribution in [0.15, 0.2) is 42.5 Å². The van der Waals surface area contributed by atoms with Gasteiger partial charge in [-0.2, -0.15) is 5.26 Å². The molecule has 3 aromatic rings. The molecule has 2 fully saturated rings. The van der Waals surface area contributed by atoms with Crippen LogP contribution in [-0.4, -0.2) is 47.1 Å². The van der Waals surface area contributed by atoms with Gasteiger partial charge in [-0.25, -0.2) is 4.98 Å².